The molecular weight excluding hydrogens is 340 g/mol. The molecule has 2 atom stereocenters. The summed E-state index contributed by atoms with van der Waals surface area (Å²) in [6.45, 7) is 6.90. The van der Waals surface area contributed by atoms with Crippen LogP contribution in [0.25, 0.3) is 0 Å². The number of nitrogens with zero attached hydrogens (tertiary/aromatic N) is 1. The van der Waals surface area contributed by atoms with Crippen LogP contribution in [0.15, 0.2) is 0 Å². The summed E-state index contributed by atoms with van der Waals surface area (Å²) < 4.78 is 0. The first-order chi connectivity index (χ1) is 5.63. The van der Waals surface area contributed by atoms with Crippen LogP contribution in [0, 0.1) is 5.92 Å². The Bertz CT molecular complexity index is 143. The number of hydrogen-bond donors (Lipinski definition) is 1. The minimum absolute atomic E-state index is 0. The van der Waals surface area contributed by atoms with Gasteiger partial charge in [-0.3, -0.25) is 9.69 Å². The van der Waals surface area contributed by atoms with E-state index in [4.69, 9.17) is 5.11 Å². The smallest absolute Gasteiger partial charge is 0.321 e. The van der Waals surface area contributed by atoms with Gasteiger partial charge in [0.2, 0.25) is 0 Å². The normalized spacial score (nSPS) is 27.1. The van der Waals surface area contributed by atoms with Crippen LogP contribution in [0.3, 0.4) is 0 Å². The Morgan fingerprint density at radius 3 is 2.08 bits per heavy atom. The van der Waals surface area contributed by atoms with E-state index in [1.165, 1.54) is 0 Å². The predicted octanol–water partition coefficient (Wildman–Crippen LogP) is 1.43. The number of aliphatic carboxylic acids is 1. The Balaban J connectivity index is 0. The first-order valence-corrected chi connectivity index (χ1v) is 4.56. The molecule has 0 saturated carbocycles. The summed E-state index contributed by atoms with van der Waals surface area (Å²) >= 11 is 0. The number of likely N-dealkylation sites (tertiary alicyclic amines) is 1. The maximum Gasteiger partial charge on any atom is 0.321 e. The Morgan fingerprint density at radius 1 is 1.46 bits per heavy atom. The summed E-state index contributed by atoms with van der Waals surface area (Å²) in [5.74, 6) is -0.380. The maximum atomic E-state index is 10.6. The average molecular weight is 359 g/mol. The van der Waals surface area contributed by atoms with Crippen LogP contribution in [-0.4, -0.2) is 35.6 Å². The van der Waals surface area contributed by atoms with E-state index in [9.17, 15) is 4.79 Å². The van der Waals surface area contributed by atoms with Crippen molar-refractivity contribution in [3.63, 3.8) is 0 Å². The first-order valence-electron chi connectivity index (χ1n) is 4.56. The van der Waals surface area contributed by atoms with Crippen molar-refractivity contribution in [3.05, 3.63) is 0 Å². The van der Waals surface area contributed by atoms with Crippen LogP contribution in [0.5, 0.6) is 0 Å². The minimum atomic E-state index is -0.687. The predicted molar refractivity (Wildman–Crippen MR) is 49.2 cm³/mol. The van der Waals surface area contributed by atoms with E-state index in [1.807, 2.05) is 32.7 Å². The van der Waals surface area contributed by atoms with Gasteiger partial charge in [0.15, 0.2) is 0 Å². The first kappa shape index (κ1) is 15.6. The number of likely N-dealkylation sites (N-methyl/N-ethyl adjacent to an activating group) is 1. The Kier molecular flexibility index (Phi) is 8.97. The summed E-state index contributed by atoms with van der Waals surface area (Å²) in [6.07, 6.45) is 1.01. The van der Waals surface area contributed by atoms with Crippen LogP contribution in [0.1, 0.15) is 27.2 Å². The number of hydrogen-bond acceptors (Lipinski definition) is 2. The van der Waals surface area contributed by atoms with Crippen molar-refractivity contribution in [2.45, 2.75) is 33.2 Å². The molecule has 0 aliphatic carbocycles. The van der Waals surface area contributed by atoms with Crippen LogP contribution < -0.4 is 0 Å². The van der Waals surface area contributed by atoms with Crippen molar-refractivity contribution in [1.82, 2.24) is 4.90 Å². The van der Waals surface area contributed by atoms with Gasteiger partial charge in [0.25, 0.3) is 0 Å². The van der Waals surface area contributed by atoms with Gasteiger partial charge in [0, 0.05) is 20.4 Å². The van der Waals surface area contributed by atoms with Crippen molar-refractivity contribution in [1.29, 1.82) is 0 Å². The summed E-state index contributed by atoms with van der Waals surface area (Å²) in [5.41, 5.74) is 0. The molecule has 13 heavy (non-hydrogen) atoms. The molecule has 0 bridgehead atoms. The van der Waals surface area contributed by atoms with Gasteiger partial charge in [-0.15, -0.1) is 0 Å². The largest absolute Gasteiger partial charge is 0.480 e. The van der Waals surface area contributed by atoms with E-state index < -0.39 is 5.97 Å². The molecule has 4 heteroatoms. The molecule has 1 heterocycles. The van der Waals surface area contributed by atoms with Gasteiger partial charge in [-0.25, -0.2) is 0 Å². The molecule has 79 valence electrons. The van der Waals surface area contributed by atoms with E-state index in [-0.39, 0.29) is 26.5 Å². The number of rotatable bonds is 1. The molecular formula is C9H19NO2Re. The molecule has 1 fully saturated rings. The summed E-state index contributed by atoms with van der Waals surface area (Å²) in [4.78, 5) is 12.5. The number of carbonyl (C=O) groups is 1. The molecule has 0 aromatic carbocycles. The fraction of sp³-hybridized carbons (Fsp3) is 0.889. The van der Waals surface area contributed by atoms with Gasteiger partial charge >= 0.3 is 5.97 Å². The van der Waals surface area contributed by atoms with Crippen molar-refractivity contribution in [2.24, 2.45) is 5.92 Å². The summed E-state index contributed by atoms with van der Waals surface area (Å²) in [7, 11) is 1.86. The van der Waals surface area contributed by atoms with Crippen LogP contribution in [0.4, 0.5) is 0 Å². The maximum absolute atomic E-state index is 10.6. The zero-order valence-electron chi connectivity index (χ0n) is 8.75. The van der Waals surface area contributed by atoms with E-state index in [0.717, 1.165) is 13.0 Å². The molecule has 0 aromatic rings. The summed E-state index contributed by atoms with van der Waals surface area (Å²) in [5, 5.41) is 8.71. The van der Waals surface area contributed by atoms with Gasteiger partial charge < -0.3 is 5.11 Å². The Hall–Kier alpha value is 0.0923. The molecule has 1 aliphatic heterocycles. The molecule has 2 unspecified atom stereocenters. The third-order valence-electron chi connectivity index (χ3n) is 2.20. The Morgan fingerprint density at radius 2 is 1.92 bits per heavy atom. The van der Waals surface area contributed by atoms with Gasteiger partial charge in [-0.05, 0) is 25.9 Å². The van der Waals surface area contributed by atoms with Gasteiger partial charge in [-0.1, -0.05) is 20.8 Å². The van der Waals surface area contributed by atoms with Crippen molar-refractivity contribution in [2.75, 3.05) is 13.6 Å². The molecule has 1 radical (unpaired) electrons. The quantitative estimate of drug-likeness (QED) is 0.770. The molecule has 1 aliphatic rings. The monoisotopic (exact) mass is 360 g/mol. The molecule has 1 N–H and O–H groups in total. The van der Waals surface area contributed by atoms with Crippen molar-refractivity contribution < 1.29 is 30.3 Å². The van der Waals surface area contributed by atoms with E-state index in [1.54, 1.807) is 0 Å². The second-order valence-corrected chi connectivity index (χ2v) is 3.03. The third kappa shape index (κ3) is 4.22. The van der Waals surface area contributed by atoms with E-state index >= 15 is 0 Å². The zero-order chi connectivity index (χ0) is 9.72. The third-order valence-corrected chi connectivity index (χ3v) is 2.20. The second kappa shape index (κ2) is 7.49. The molecule has 1 saturated heterocycles. The van der Waals surface area contributed by atoms with Gasteiger partial charge in [-0.2, -0.15) is 0 Å². The average Bonchev–Trinajstić information content (AvgIpc) is 2.35. The molecule has 0 aromatic heterocycles. The van der Waals surface area contributed by atoms with Gasteiger partial charge in [0.05, 0.1) is 0 Å². The number of carboxylic acid groups (broad SMARTS) is 1. The number of carboxylic acids is 1. The topological polar surface area (TPSA) is 40.5 Å². The van der Waals surface area contributed by atoms with Crippen LogP contribution in [0.2, 0.25) is 0 Å². The molecule has 1 rings (SSSR count). The molecule has 0 spiro atoms. The molecule has 0 amide bonds. The SMILES string of the molecule is CC.CC1CCN(C)C1C(=O)O.[Re]. The van der Waals surface area contributed by atoms with Crippen LogP contribution >= 0.6 is 0 Å². The van der Waals surface area contributed by atoms with E-state index in [2.05, 4.69) is 0 Å². The molecule has 3 nitrogen and oxygen atoms in total. The van der Waals surface area contributed by atoms with Crippen LogP contribution in [-0.2, 0) is 25.2 Å². The zero-order valence-corrected chi connectivity index (χ0v) is 11.5. The fourth-order valence-corrected chi connectivity index (χ4v) is 1.57. The fourth-order valence-electron chi connectivity index (χ4n) is 1.57. The summed E-state index contributed by atoms with van der Waals surface area (Å²) in [6, 6.07) is -0.250. The van der Waals surface area contributed by atoms with Crippen molar-refractivity contribution >= 4 is 5.97 Å². The van der Waals surface area contributed by atoms with Crippen molar-refractivity contribution in [3.8, 4) is 0 Å². The standard InChI is InChI=1S/C7H13NO2.C2H6.Re/c1-5-3-4-8(2)6(5)7(9)10;1-2;/h5-6H,3-4H2,1-2H3,(H,9,10);1-2H3;. The second-order valence-electron chi connectivity index (χ2n) is 3.03. The minimum Gasteiger partial charge on any atom is -0.480 e. The Labute approximate surface area is 94.2 Å². The van der Waals surface area contributed by atoms with Gasteiger partial charge in [0.1, 0.15) is 6.04 Å². The van der Waals surface area contributed by atoms with E-state index in [0.29, 0.717) is 5.92 Å².